The normalized spacial score (nSPS) is 11.5. The van der Waals surface area contributed by atoms with Crippen LogP contribution in [-0.2, 0) is 24.3 Å². The maximum absolute atomic E-state index is 13.5. The number of aryl methyl sites for hydroxylation is 1. The van der Waals surface area contributed by atoms with E-state index in [0.29, 0.717) is 17.8 Å². The topological polar surface area (TPSA) is 120 Å². The largest absolute Gasteiger partial charge is 0.352 e. The number of amides is 2. The van der Waals surface area contributed by atoms with Crippen molar-refractivity contribution in [2.24, 2.45) is 5.92 Å². The first-order chi connectivity index (χ1) is 17.6. The smallest absolute Gasteiger partial charge is 0.350 e. The molecule has 4 aromatic rings. The molecule has 0 atom stereocenters. The number of hydrogen-bond acceptors (Lipinski definition) is 5. The Bertz CT molecular complexity index is 1610. The van der Waals surface area contributed by atoms with Crippen LogP contribution in [0, 0.1) is 5.92 Å². The minimum atomic E-state index is -0.573. The number of aromatic nitrogens is 4. The summed E-state index contributed by atoms with van der Waals surface area (Å²) in [6.45, 7) is 9.64. The van der Waals surface area contributed by atoms with Crippen molar-refractivity contribution in [2.45, 2.75) is 60.2 Å². The van der Waals surface area contributed by atoms with E-state index in [1.54, 1.807) is 18.2 Å². The van der Waals surface area contributed by atoms with Gasteiger partial charge in [-0.15, -0.1) is 5.10 Å². The zero-order valence-electron chi connectivity index (χ0n) is 21.7. The van der Waals surface area contributed by atoms with Crippen LogP contribution in [0.25, 0.3) is 16.7 Å². The molecular formula is C27H32N6O4. The Morgan fingerprint density at radius 3 is 2.46 bits per heavy atom. The standard InChI is InChI=1S/C27H32N6O4/c1-6-18-8-7-9-20(12-18)29-23(34)15-32-27(37)33-22-13-19(24(35)28-17(4)5)10-11-21(22)25(36)31(14-16(2)3)26(33)30-32/h7-13,16-17H,6,14-15H2,1-5H3,(H,28,35)(H,29,34). The highest BCUT2D eigenvalue weighted by Gasteiger charge is 2.21. The lowest BCUT2D eigenvalue weighted by molar-refractivity contribution is -0.117. The molecule has 4 rings (SSSR count). The quantitative estimate of drug-likeness (QED) is 0.382. The van der Waals surface area contributed by atoms with Gasteiger partial charge in [-0.2, -0.15) is 0 Å². The van der Waals surface area contributed by atoms with Crippen molar-refractivity contribution in [3.05, 3.63) is 74.4 Å². The van der Waals surface area contributed by atoms with E-state index >= 15 is 0 Å². The molecule has 2 aromatic carbocycles. The highest BCUT2D eigenvalue weighted by atomic mass is 16.2. The van der Waals surface area contributed by atoms with Crippen LogP contribution < -0.4 is 21.9 Å². The summed E-state index contributed by atoms with van der Waals surface area (Å²) in [6.07, 6.45) is 0.827. The van der Waals surface area contributed by atoms with E-state index in [1.165, 1.54) is 15.0 Å². The van der Waals surface area contributed by atoms with Gasteiger partial charge in [0, 0.05) is 23.8 Å². The number of nitrogens with one attached hydrogen (secondary N) is 2. The van der Waals surface area contributed by atoms with Crippen LogP contribution in [0.1, 0.15) is 50.5 Å². The van der Waals surface area contributed by atoms with Gasteiger partial charge in [0.2, 0.25) is 11.7 Å². The number of anilines is 1. The Kier molecular flexibility index (Phi) is 7.28. The molecule has 2 aromatic heterocycles. The Morgan fingerprint density at radius 1 is 1.03 bits per heavy atom. The summed E-state index contributed by atoms with van der Waals surface area (Å²) in [5.41, 5.74) is 1.40. The van der Waals surface area contributed by atoms with Gasteiger partial charge in [0.05, 0.1) is 10.9 Å². The van der Waals surface area contributed by atoms with Crippen LogP contribution in [0.15, 0.2) is 52.1 Å². The van der Waals surface area contributed by atoms with Gasteiger partial charge in [0.25, 0.3) is 11.5 Å². The predicted octanol–water partition coefficient (Wildman–Crippen LogP) is 2.81. The molecule has 0 saturated carbocycles. The Balaban J connectivity index is 1.83. The van der Waals surface area contributed by atoms with Gasteiger partial charge >= 0.3 is 5.69 Å². The molecule has 10 heteroatoms. The second-order valence-electron chi connectivity index (χ2n) is 9.85. The maximum Gasteiger partial charge on any atom is 0.352 e. The Morgan fingerprint density at radius 2 is 1.78 bits per heavy atom. The van der Waals surface area contributed by atoms with Crippen LogP contribution in [0.4, 0.5) is 5.69 Å². The van der Waals surface area contributed by atoms with Crippen LogP contribution in [0.5, 0.6) is 0 Å². The molecule has 0 spiro atoms. The molecule has 0 saturated heterocycles. The third-order valence-electron chi connectivity index (χ3n) is 5.92. The number of carbonyl (C=O) groups is 2. The van der Waals surface area contributed by atoms with Crippen molar-refractivity contribution >= 4 is 34.2 Å². The fraction of sp³-hybridized carbons (Fsp3) is 0.370. The van der Waals surface area contributed by atoms with Gasteiger partial charge in [0.1, 0.15) is 6.54 Å². The van der Waals surface area contributed by atoms with E-state index in [4.69, 9.17) is 0 Å². The molecule has 0 fully saturated rings. The van der Waals surface area contributed by atoms with Crippen molar-refractivity contribution in [3.63, 3.8) is 0 Å². The zero-order chi connectivity index (χ0) is 26.9. The number of rotatable bonds is 8. The number of hydrogen-bond donors (Lipinski definition) is 2. The molecule has 0 unspecified atom stereocenters. The summed E-state index contributed by atoms with van der Waals surface area (Å²) < 4.78 is 3.79. The highest BCUT2D eigenvalue weighted by Crippen LogP contribution is 2.16. The van der Waals surface area contributed by atoms with Crippen molar-refractivity contribution in [1.29, 1.82) is 0 Å². The molecule has 2 N–H and O–H groups in total. The monoisotopic (exact) mass is 504 g/mol. The molecule has 10 nitrogen and oxygen atoms in total. The van der Waals surface area contributed by atoms with Crippen LogP contribution in [-0.4, -0.2) is 36.6 Å². The minimum Gasteiger partial charge on any atom is -0.350 e. The molecule has 0 aliphatic heterocycles. The zero-order valence-corrected chi connectivity index (χ0v) is 21.7. The Hall–Kier alpha value is -4.21. The first-order valence-electron chi connectivity index (χ1n) is 12.4. The molecule has 194 valence electrons. The third-order valence-corrected chi connectivity index (χ3v) is 5.92. The fourth-order valence-corrected chi connectivity index (χ4v) is 4.24. The predicted molar refractivity (Wildman–Crippen MR) is 143 cm³/mol. The molecular weight excluding hydrogens is 472 g/mol. The fourth-order valence-electron chi connectivity index (χ4n) is 4.24. The lowest BCUT2D eigenvalue weighted by Crippen LogP contribution is -2.31. The minimum absolute atomic E-state index is 0.0794. The summed E-state index contributed by atoms with van der Waals surface area (Å²) in [5.74, 6) is -0.508. The first-order valence-corrected chi connectivity index (χ1v) is 12.4. The molecule has 2 heterocycles. The number of fused-ring (bicyclic) bond motifs is 3. The van der Waals surface area contributed by atoms with E-state index < -0.39 is 11.6 Å². The number of benzene rings is 2. The highest BCUT2D eigenvalue weighted by molar-refractivity contribution is 5.98. The average molecular weight is 505 g/mol. The van der Waals surface area contributed by atoms with E-state index in [2.05, 4.69) is 15.7 Å². The van der Waals surface area contributed by atoms with Gasteiger partial charge in [-0.05, 0) is 62.1 Å². The van der Waals surface area contributed by atoms with Crippen LogP contribution in [0.3, 0.4) is 0 Å². The van der Waals surface area contributed by atoms with Crippen molar-refractivity contribution in [3.8, 4) is 0 Å². The van der Waals surface area contributed by atoms with E-state index in [9.17, 15) is 19.2 Å². The number of nitrogens with zero attached hydrogens (tertiary/aromatic N) is 4. The molecule has 2 amide bonds. The lowest BCUT2D eigenvalue weighted by atomic mass is 10.1. The van der Waals surface area contributed by atoms with Gasteiger partial charge < -0.3 is 10.6 Å². The van der Waals surface area contributed by atoms with E-state index in [0.717, 1.165) is 16.7 Å². The van der Waals surface area contributed by atoms with Crippen molar-refractivity contribution in [2.75, 3.05) is 5.32 Å². The van der Waals surface area contributed by atoms with Crippen LogP contribution >= 0.6 is 0 Å². The second-order valence-corrected chi connectivity index (χ2v) is 9.85. The van der Waals surface area contributed by atoms with Gasteiger partial charge in [-0.1, -0.05) is 32.9 Å². The summed E-state index contributed by atoms with van der Waals surface area (Å²) in [7, 11) is 0. The average Bonchev–Trinajstić information content (AvgIpc) is 3.16. The SMILES string of the molecule is CCc1cccc(NC(=O)Cn2nc3n(CC(C)C)c(=O)c4ccc(C(=O)NC(C)C)cc4n3c2=O)c1. The summed E-state index contributed by atoms with van der Waals surface area (Å²) in [5, 5.41) is 10.3. The van der Waals surface area contributed by atoms with Gasteiger partial charge in [-0.25, -0.2) is 13.9 Å². The van der Waals surface area contributed by atoms with Gasteiger partial charge in [0.15, 0.2) is 0 Å². The molecule has 0 radical (unpaired) electrons. The number of carbonyl (C=O) groups excluding carboxylic acids is 2. The van der Waals surface area contributed by atoms with Gasteiger partial charge in [-0.3, -0.25) is 19.0 Å². The third kappa shape index (κ3) is 5.32. The van der Waals surface area contributed by atoms with Crippen molar-refractivity contribution in [1.82, 2.24) is 24.1 Å². The summed E-state index contributed by atoms with van der Waals surface area (Å²) in [4.78, 5) is 52.3. The van der Waals surface area contributed by atoms with Crippen LogP contribution in [0.2, 0.25) is 0 Å². The summed E-state index contributed by atoms with van der Waals surface area (Å²) in [6, 6.07) is 12.0. The molecule has 0 bridgehead atoms. The second kappa shape index (κ2) is 10.4. The maximum atomic E-state index is 13.5. The Labute approximate surface area is 213 Å². The summed E-state index contributed by atoms with van der Waals surface area (Å²) >= 11 is 0. The lowest BCUT2D eigenvalue weighted by Gasteiger charge is -2.13. The molecule has 37 heavy (non-hydrogen) atoms. The molecule has 0 aliphatic rings. The first kappa shape index (κ1) is 25.9. The van der Waals surface area contributed by atoms with E-state index in [1.807, 2.05) is 52.8 Å². The van der Waals surface area contributed by atoms with E-state index in [-0.39, 0.29) is 46.7 Å². The molecule has 0 aliphatic carbocycles. The van der Waals surface area contributed by atoms with Crippen molar-refractivity contribution < 1.29 is 9.59 Å².